The molecule has 0 spiro atoms. The van der Waals surface area contributed by atoms with Crippen LogP contribution in [-0.4, -0.2) is 13.8 Å². The van der Waals surface area contributed by atoms with Gasteiger partial charge in [-0.2, -0.15) is 8.57 Å². The van der Waals surface area contributed by atoms with E-state index in [-0.39, 0.29) is 11.5 Å². The van der Waals surface area contributed by atoms with E-state index in [1.54, 1.807) is 18.2 Å². The van der Waals surface area contributed by atoms with Gasteiger partial charge in [0.15, 0.2) is 0 Å². The fourth-order valence-corrected chi connectivity index (χ4v) is 1.68. The number of benzene rings is 1. The summed E-state index contributed by atoms with van der Waals surface area (Å²) in [5, 5.41) is 1.40. The molecular weight excluding hydrogens is 274 g/mol. The monoisotopic (exact) mass is 277 g/mol. The van der Waals surface area contributed by atoms with Crippen LogP contribution in [0.3, 0.4) is 0 Å². The van der Waals surface area contributed by atoms with Crippen LogP contribution in [0.4, 0.5) is 5.69 Å². The molecule has 0 heterocycles. The van der Waals surface area contributed by atoms with Crippen molar-refractivity contribution in [3.63, 3.8) is 0 Å². The van der Waals surface area contributed by atoms with E-state index >= 15 is 0 Å². The van der Waals surface area contributed by atoms with Gasteiger partial charge in [-0.1, -0.05) is 22.0 Å². The average molecular weight is 278 g/mol. The first-order valence-electron chi connectivity index (χ1n) is 3.19. The predicted octanol–water partition coefficient (Wildman–Crippen LogP) is 1.84. The first-order valence-corrected chi connectivity index (χ1v) is 5.49. The molecule has 0 aliphatic rings. The summed E-state index contributed by atoms with van der Waals surface area (Å²) in [6.07, 6.45) is 0. The highest BCUT2D eigenvalue weighted by Crippen LogP contribution is 2.22. The van der Waals surface area contributed by atoms with Gasteiger partial charge in [0.25, 0.3) is 0 Å². The summed E-state index contributed by atoms with van der Waals surface area (Å²) in [5.41, 5.74) is 1.17. The van der Waals surface area contributed by atoms with Crippen molar-refractivity contribution >= 4 is 49.7 Å². The number of hydrogen-bond acceptors (Lipinski definition) is 3. The fourth-order valence-electron chi connectivity index (χ4n) is 0.788. The minimum Gasteiger partial charge on any atom is -0.212 e. The maximum Gasteiger partial charge on any atom is 0.205 e. The van der Waals surface area contributed by atoms with Crippen molar-refractivity contribution in [2.45, 2.75) is 0 Å². The third kappa shape index (κ3) is 2.98. The first-order chi connectivity index (χ1) is 6.27. The second-order valence-corrected chi connectivity index (χ2v) is 3.76. The van der Waals surface area contributed by atoms with E-state index in [4.69, 9.17) is 0 Å². The molecule has 3 nitrogen and oxygen atoms in total. The molecule has 1 rings (SSSR count). The molecule has 6 heteroatoms. The molecule has 0 aliphatic carbocycles. The van der Waals surface area contributed by atoms with Crippen LogP contribution in [0.1, 0.15) is 5.56 Å². The molecule has 0 amide bonds. The molecule has 1 aromatic rings. The molecule has 13 heavy (non-hydrogen) atoms. The third-order valence-electron chi connectivity index (χ3n) is 1.30. The van der Waals surface area contributed by atoms with Crippen molar-refractivity contribution in [1.82, 2.24) is 0 Å². The maximum atomic E-state index is 10.3. The predicted molar refractivity (Wildman–Crippen MR) is 57.7 cm³/mol. The molecule has 0 aliphatic heterocycles. The van der Waals surface area contributed by atoms with Gasteiger partial charge in [0.1, 0.15) is 0 Å². The number of nitrogens with zero attached hydrogens (tertiary/aromatic N) is 1. The number of hydrogen-bond donors (Lipinski definition) is 0. The van der Waals surface area contributed by atoms with Gasteiger partial charge in [-0.05, 0) is 12.1 Å². The van der Waals surface area contributed by atoms with Crippen LogP contribution in [0.5, 0.6) is 0 Å². The van der Waals surface area contributed by atoms with Crippen LogP contribution < -0.4 is 0 Å². The lowest BCUT2D eigenvalue weighted by Crippen LogP contribution is -1.80. The van der Waals surface area contributed by atoms with Crippen LogP contribution in [0.2, 0.25) is 0 Å². The minimum absolute atomic E-state index is 0.126. The molecule has 0 atom stereocenters. The van der Waals surface area contributed by atoms with Crippen molar-refractivity contribution < 1.29 is 8.42 Å². The standard InChI is InChI=1S/C7H4BrNO2S2/c8-6-2-1-5(4-12-10)7(3-6)9-13-11/h1-4H. The van der Waals surface area contributed by atoms with Crippen molar-refractivity contribution in [3.05, 3.63) is 28.2 Å². The summed E-state index contributed by atoms with van der Waals surface area (Å²) < 4.78 is 24.9. The van der Waals surface area contributed by atoms with Gasteiger partial charge < -0.3 is 0 Å². The van der Waals surface area contributed by atoms with Gasteiger partial charge in [-0.25, -0.2) is 4.21 Å². The Morgan fingerprint density at radius 2 is 2.15 bits per heavy atom. The summed E-state index contributed by atoms with van der Waals surface area (Å²) >= 11 is 3.71. The van der Waals surface area contributed by atoms with Crippen molar-refractivity contribution in [1.29, 1.82) is 0 Å². The zero-order valence-corrected chi connectivity index (χ0v) is 9.49. The first kappa shape index (κ1) is 10.5. The van der Waals surface area contributed by atoms with E-state index in [0.717, 1.165) is 4.47 Å². The lowest BCUT2D eigenvalue weighted by atomic mass is 10.2. The van der Waals surface area contributed by atoms with Crippen LogP contribution in [0.15, 0.2) is 27.0 Å². The zero-order valence-electron chi connectivity index (χ0n) is 6.27. The second-order valence-electron chi connectivity index (χ2n) is 2.08. The lowest BCUT2D eigenvalue weighted by Gasteiger charge is -1.96. The van der Waals surface area contributed by atoms with Crippen LogP contribution in [0.25, 0.3) is 0 Å². The highest BCUT2D eigenvalue weighted by molar-refractivity contribution is 9.10. The Bertz CT molecular complexity index is 423. The third-order valence-corrected chi connectivity index (χ3v) is 2.42. The highest BCUT2D eigenvalue weighted by Gasteiger charge is 1.98. The van der Waals surface area contributed by atoms with E-state index in [1.807, 2.05) is 0 Å². The summed E-state index contributed by atoms with van der Waals surface area (Å²) in [5.74, 6) is 0. The van der Waals surface area contributed by atoms with Crippen LogP contribution in [-0.2, 0) is 22.7 Å². The Hall–Kier alpha value is -0.590. The van der Waals surface area contributed by atoms with Crippen molar-refractivity contribution in [2.75, 3.05) is 0 Å². The molecule has 0 unspecified atom stereocenters. The molecule has 0 radical (unpaired) electrons. The molecule has 0 fully saturated rings. The van der Waals surface area contributed by atoms with Gasteiger partial charge in [0, 0.05) is 15.4 Å². The van der Waals surface area contributed by atoms with E-state index in [9.17, 15) is 8.42 Å². The fraction of sp³-hybridized carbons (Fsp3) is 0. The number of rotatable bonds is 2. The SMILES string of the molecule is O=S=Cc1ccc(Br)cc1N=S=O. The average Bonchev–Trinajstić information content (AvgIpc) is 2.10. The molecular formula is C7H4BrNO2S2. The maximum absolute atomic E-state index is 10.3. The molecule has 68 valence electrons. The molecule has 0 aromatic heterocycles. The lowest BCUT2D eigenvalue weighted by molar-refractivity contribution is 0.698. The Labute approximate surface area is 90.6 Å². The van der Waals surface area contributed by atoms with Gasteiger partial charge in [0.2, 0.25) is 11.5 Å². The summed E-state index contributed by atoms with van der Waals surface area (Å²) in [7, 11) is 0. The molecule has 1 aromatic carbocycles. The summed E-state index contributed by atoms with van der Waals surface area (Å²) in [6.45, 7) is 0. The molecule has 0 saturated heterocycles. The Kier molecular flexibility index (Phi) is 4.20. The highest BCUT2D eigenvalue weighted by atomic mass is 79.9. The van der Waals surface area contributed by atoms with Crippen LogP contribution in [0, 0.1) is 0 Å². The number of halogens is 1. The smallest absolute Gasteiger partial charge is 0.205 e. The van der Waals surface area contributed by atoms with Gasteiger partial charge >= 0.3 is 0 Å². The van der Waals surface area contributed by atoms with E-state index in [1.165, 1.54) is 5.37 Å². The normalized spacial score (nSPS) is 9.00. The van der Waals surface area contributed by atoms with E-state index in [0.29, 0.717) is 22.5 Å². The van der Waals surface area contributed by atoms with Crippen molar-refractivity contribution in [2.24, 2.45) is 4.36 Å². The zero-order chi connectivity index (χ0) is 9.68. The second kappa shape index (κ2) is 5.21. The van der Waals surface area contributed by atoms with Gasteiger partial charge in [0.05, 0.1) is 16.9 Å². The topological polar surface area (TPSA) is 46.5 Å². The van der Waals surface area contributed by atoms with Gasteiger partial charge in [-0.15, -0.1) is 0 Å². The molecule has 0 bridgehead atoms. The Morgan fingerprint density at radius 3 is 2.77 bits per heavy atom. The summed E-state index contributed by atoms with van der Waals surface area (Å²) in [6, 6.07) is 5.20. The Morgan fingerprint density at radius 1 is 1.38 bits per heavy atom. The van der Waals surface area contributed by atoms with Crippen LogP contribution >= 0.6 is 15.9 Å². The Balaban J connectivity index is 3.33. The summed E-state index contributed by atoms with van der Waals surface area (Å²) in [4.78, 5) is 0. The van der Waals surface area contributed by atoms with Crippen molar-refractivity contribution in [3.8, 4) is 0 Å². The molecule has 0 saturated carbocycles. The largest absolute Gasteiger partial charge is 0.212 e. The quantitative estimate of drug-likeness (QED) is 0.775. The molecule has 0 N–H and O–H groups in total. The van der Waals surface area contributed by atoms with Gasteiger partial charge in [-0.3, -0.25) is 0 Å². The van der Waals surface area contributed by atoms with E-state index in [2.05, 4.69) is 20.3 Å². The van der Waals surface area contributed by atoms with E-state index < -0.39 is 0 Å². The minimum atomic E-state index is 0.126.